The lowest BCUT2D eigenvalue weighted by Crippen LogP contribution is -2.08. The van der Waals surface area contributed by atoms with Crippen molar-refractivity contribution in [3.05, 3.63) is 40.6 Å². The van der Waals surface area contributed by atoms with E-state index in [4.69, 9.17) is 0 Å². The summed E-state index contributed by atoms with van der Waals surface area (Å²) in [6.45, 7) is 1.37. The molecule has 0 atom stereocenters. The van der Waals surface area contributed by atoms with E-state index < -0.39 is 0 Å². The van der Waals surface area contributed by atoms with Crippen molar-refractivity contribution in [3.63, 3.8) is 0 Å². The van der Waals surface area contributed by atoms with Gasteiger partial charge in [-0.1, -0.05) is 0 Å². The Kier molecular flexibility index (Phi) is 3.63. The number of rotatable bonds is 4. The van der Waals surface area contributed by atoms with Crippen molar-refractivity contribution in [1.82, 2.24) is 25.1 Å². The SMILES string of the molecule is CNCc1ncn(Cc2cncc(Br)c2)n1. The summed E-state index contributed by atoms with van der Waals surface area (Å²) in [6.07, 6.45) is 5.31. The van der Waals surface area contributed by atoms with E-state index >= 15 is 0 Å². The molecule has 0 saturated heterocycles. The Balaban J connectivity index is 2.08. The molecule has 1 N–H and O–H groups in total. The van der Waals surface area contributed by atoms with E-state index in [1.807, 2.05) is 19.3 Å². The molecule has 0 unspecified atom stereocenters. The molecular weight excluding hydrogens is 270 g/mol. The lowest BCUT2D eigenvalue weighted by molar-refractivity contribution is 0.657. The third-order valence-electron chi connectivity index (χ3n) is 2.02. The zero-order valence-electron chi connectivity index (χ0n) is 8.89. The number of pyridine rings is 1. The van der Waals surface area contributed by atoms with Gasteiger partial charge in [-0.2, -0.15) is 5.10 Å². The quantitative estimate of drug-likeness (QED) is 0.915. The van der Waals surface area contributed by atoms with Gasteiger partial charge in [-0.15, -0.1) is 0 Å². The van der Waals surface area contributed by atoms with E-state index in [0.29, 0.717) is 13.1 Å². The second-order valence-corrected chi connectivity index (χ2v) is 4.32. The molecule has 0 bridgehead atoms. The summed E-state index contributed by atoms with van der Waals surface area (Å²) in [4.78, 5) is 8.28. The Morgan fingerprint density at radius 2 is 2.31 bits per heavy atom. The zero-order chi connectivity index (χ0) is 11.4. The number of halogens is 1. The Bertz CT molecular complexity index is 468. The number of hydrogen-bond donors (Lipinski definition) is 1. The van der Waals surface area contributed by atoms with Gasteiger partial charge in [-0.3, -0.25) is 4.98 Å². The van der Waals surface area contributed by atoms with E-state index in [1.54, 1.807) is 17.2 Å². The maximum Gasteiger partial charge on any atom is 0.164 e. The highest BCUT2D eigenvalue weighted by Crippen LogP contribution is 2.10. The van der Waals surface area contributed by atoms with Crippen LogP contribution in [0.25, 0.3) is 0 Å². The van der Waals surface area contributed by atoms with E-state index in [9.17, 15) is 0 Å². The molecule has 0 fully saturated rings. The van der Waals surface area contributed by atoms with Crippen molar-refractivity contribution < 1.29 is 0 Å². The third-order valence-corrected chi connectivity index (χ3v) is 2.46. The first kappa shape index (κ1) is 11.2. The van der Waals surface area contributed by atoms with Crippen LogP contribution in [0, 0.1) is 0 Å². The van der Waals surface area contributed by atoms with Gasteiger partial charge in [0.25, 0.3) is 0 Å². The van der Waals surface area contributed by atoms with Crippen LogP contribution in [0.1, 0.15) is 11.4 Å². The van der Waals surface area contributed by atoms with Crippen LogP contribution in [-0.4, -0.2) is 26.8 Å². The molecule has 16 heavy (non-hydrogen) atoms. The van der Waals surface area contributed by atoms with E-state index in [-0.39, 0.29) is 0 Å². The average molecular weight is 282 g/mol. The van der Waals surface area contributed by atoms with Gasteiger partial charge in [0.1, 0.15) is 6.33 Å². The molecule has 0 saturated carbocycles. The molecule has 0 aliphatic rings. The van der Waals surface area contributed by atoms with Crippen LogP contribution in [0.4, 0.5) is 0 Å². The van der Waals surface area contributed by atoms with Gasteiger partial charge in [-0.25, -0.2) is 9.67 Å². The monoisotopic (exact) mass is 281 g/mol. The van der Waals surface area contributed by atoms with Gasteiger partial charge >= 0.3 is 0 Å². The fraction of sp³-hybridized carbons (Fsp3) is 0.300. The lowest BCUT2D eigenvalue weighted by Gasteiger charge is -2.00. The Morgan fingerprint density at radius 1 is 1.44 bits per heavy atom. The summed E-state index contributed by atoms with van der Waals surface area (Å²) < 4.78 is 2.77. The summed E-state index contributed by atoms with van der Waals surface area (Å²) in [5.74, 6) is 0.797. The number of nitrogens with one attached hydrogen (secondary N) is 1. The maximum atomic E-state index is 4.32. The summed E-state index contributed by atoms with van der Waals surface area (Å²) in [5.41, 5.74) is 1.09. The first-order chi connectivity index (χ1) is 7.78. The first-order valence-corrected chi connectivity index (χ1v) is 5.69. The molecule has 2 rings (SSSR count). The minimum atomic E-state index is 0.684. The Labute approximate surface area is 102 Å². The predicted molar refractivity (Wildman–Crippen MR) is 63.8 cm³/mol. The third kappa shape index (κ3) is 2.86. The van der Waals surface area contributed by atoms with Crippen molar-refractivity contribution in [1.29, 1.82) is 0 Å². The van der Waals surface area contributed by atoms with Gasteiger partial charge in [-0.05, 0) is 34.6 Å². The molecule has 5 nitrogen and oxygen atoms in total. The van der Waals surface area contributed by atoms with E-state index in [2.05, 4.69) is 36.3 Å². The molecular formula is C10H12BrN5. The van der Waals surface area contributed by atoms with Crippen molar-refractivity contribution in [2.75, 3.05) is 7.05 Å². The van der Waals surface area contributed by atoms with Gasteiger partial charge in [0, 0.05) is 16.9 Å². The van der Waals surface area contributed by atoms with Gasteiger partial charge in [0.2, 0.25) is 0 Å². The molecule has 0 spiro atoms. The van der Waals surface area contributed by atoms with Crippen LogP contribution in [0.3, 0.4) is 0 Å². The standard InChI is InChI=1S/C10H12BrN5/c1-12-5-10-14-7-16(15-10)6-8-2-9(11)4-13-3-8/h2-4,7,12H,5-6H2,1H3. The predicted octanol–water partition coefficient (Wildman–Crippen LogP) is 1.20. The Morgan fingerprint density at radius 3 is 3.06 bits per heavy atom. The average Bonchev–Trinajstić information content (AvgIpc) is 2.66. The molecule has 2 heterocycles. The maximum absolute atomic E-state index is 4.32. The molecule has 0 aliphatic carbocycles. The van der Waals surface area contributed by atoms with Crippen LogP contribution >= 0.6 is 15.9 Å². The highest BCUT2D eigenvalue weighted by Gasteiger charge is 2.01. The van der Waals surface area contributed by atoms with Crippen LogP contribution in [0.5, 0.6) is 0 Å². The van der Waals surface area contributed by atoms with Crippen molar-refractivity contribution in [2.45, 2.75) is 13.1 Å². The Hall–Kier alpha value is -1.27. The number of hydrogen-bond acceptors (Lipinski definition) is 4. The van der Waals surface area contributed by atoms with Crippen LogP contribution in [-0.2, 0) is 13.1 Å². The highest BCUT2D eigenvalue weighted by atomic mass is 79.9. The van der Waals surface area contributed by atoms with E-state index in [1.165, 1.54) is 0 Å². The molecule has 0 amide bonds. The van der Waals surface area contributed by atoms with Crippen molar-refractivity contribution in [3.8, 4) is 0 Å². The minimum Gasteiger partial charge on any atom is -0.313 e. The molecule has 2 aromatic heterocycles. The number of aromatic nitrogens is 4. The van der Waals surface area contributed by atoms with Crippen LogP contribution < -0.4 is 5.32 Å². The normalized spacial score (nSPS) is 10.6. The number of nitrogens with zero attached hydrogens (tertiary/aromatic N) is 4. The van der Waals surface area contributed by atoms with Crippen molar-refractivity contribution >= 4 is 15.9 Å². The summed E-state index contributed by atoms with van der Waals surface area (Å²) >= 11 is 3.39. The first-order valence-electron chi connectivity index (χ1n) is 4.90. The fourth-order valence-corrected chi connectivity index (χ4v) is 1.79. The molecule has 0 aliphatic heterocycles. The summed E-state index contributed by atoms with van der Waals surface area (Å²) in [6, 6.07) is 2.02. The smallest absolute Gasteiger partial charge is 0.164 e. The van der Waals surface area contributed by atoms with Crippen LogP contribution in [0.2, 0.25) is 0 Å². The second kappa shape index (κ2) is 5.18. The van der Waals surface area contributed by atoms with E-state index in [0.717, 1.165) is 15.9 Å². The van der Waals surface area contributed by atoms with Gasteiger partial charge in [0.05, 0.1) is 13.1 Å². The van der Waals surface area contributed by atoms with Crippen LogP contribution in [0.15, 0.2) is 29.3 Å². The molecule has 0 radical (unpaired) electrons. The fourth-order valence-electron chi connectivity index (χ4n) is 1.38. The topological polar surface area (TPSA) is 55.6 Å². The minimum absolute atomic E-state index is 0.684. The molecule has 0 aromatic carbocycles. The largest absolute Gasteiger partial charge is 0.313 e. The highest BCUT2D eigenvalue weighted by molar-refractivity contribution is 9.10. The summed E-state index contributed by atoms with van der Waals surface area (Å²) in [5, 5.41) is 7.34. The second-order valence-electron chi connectivity index (χ2n) is 3.40. The van der Waals surface area contributed by atoms with Gasteiger partial charge < -0.3 is 5.32 Å². The summed E-state index contributed by atoms with van der Waals surface area (Å²) in [7, 11) is 1.87. The van der Waals surface area contributed by atoms with Crippen molar-refractivity contribution in [2.24, 2.45) is 0 Å². The molecule has 84 valence electrons. The van der Waals surface area contributed by atoms with Gasteiger partial charge in [0.15, 0.2) is 5.82 Å². The zero-order valence-corrected chi connectivity index (χ0v) is 10.5. The molecule has 2 aromatic rings. The lowest BCUT2D eigenvalue weighted by atomic mass is 10.3. The molecule has 6 heteroatoms.